The van der Waals surface area contributed by atoms with Crippen molar-refractivity contribution < 1.29 is 4.79 Å². The lowest BCUT2D eigenvalue weighted by Crippen LogP contribution is -2.24. The highest BCUT2D eigenvalue weighted by Gasteiger charge is 2.12. The molecule has 4 aromatic rings. The van der Waals surface area contributed by atoms with Crippen LogP contribution < -0.4 is 5.32 Å². The van der Waals surface area contributed by atoms with E-state index in [1.54, 1.807) is 24.3 Å². The minimum absolute atomic E-state index is 0.0761. The number of hydrogen-bond acceptors (Lipinski definition) is 2. The molecule has 33 heavy (non-hydrogen) atoms. The monoisotopic (exact) mass is 459 g/mol. The Kier molecular flexibility index (Phi) is 7.46. The Morgan fingerprint density at radius 2 is 1.82 bits per heavy atom. The molecule has 0 aliphatic rings. The van der Waals surface area contributed by atoms with Crippen molar-refractivity contribution in [3.05, 3.63) is 99.8 Å². The molecule has 0 saturated carbocycles. The average molecular weight is 460 g/mol. The lowest BCUT2D eigenvalue weighted by molar-refractivity contribution is 0.0953. The Bertz CT molecular complexity index is 1260. The number of para-hydroxylation sites is 2. The van der Waals surface area contributed by atoms with Crippen molar-refractivity contribution in [2.24, 2.45) is 0 Å². The molecule has 3 aromatic carbocycles. The standard InChI is InChI=1S/C28H30ClN3O/c1-20-14-15-21(2)23(17-20)19-32-26-12-6-5-11-25(26)31-27(32)13-4-3-7-16-30-28(33)22-9-8-10-24(29)18-22/h5-6,8-12,14-15,17-18H,3-4,7,13,16,19H2,1-2H3,(H,30,33). The predicted octanol–water partition coefficient (Wildman–Crippen LogP) is 6.50. The van der Waals surface area contributed by atoms with Gasteiger partial charge < -0.3 is 9.88 Å². The zero-order chi connectivity index (χ0) is 23.2. The molecule has 0 bridgehead atoms. The maximum atomic E-state index is 12.2. The third-order valence-electron chi connectivity index (χ3n) is 6.02. The van der Waals surface area contributed by atoms with Crippen LogP contribution in [0.3, 0.4) is 0 Å². The van der Waals surface area contributed by atoms with E-state index in [0.717, 1.165) is 43.6 Å². The van der Waals surface area contributed by atoms with Crippen LogP contribution in [0.5, 0.6) is 0 Å². The van der Waals surface area contributed by atoms with Crippen LogP contribution in [0.25, 0.3) is 11.0 Å². The van der Waals surface area contributed by atoms with Gasteiger partial charge in [0, 0.05) is 30.1 Å². The fraction of sp³-hybridized carbons (Fsp3) is 0.286. The summed E-state index contributed by atoms with van der Waals surface area (Å²) in [5.74, 6) is 1.05. The molecule has 0 fully saturated rings. The summed E-state index contributed by atoms with van der Waals surface area (Å²) >= 11 is 5.97. The van der Waals surface area contributed by atoms with E-state index < -0.39 is 0 Å². The number of unbranched alkanes of at least 4 members (excludes halogenated alkanes) is 2. The van der Waals surface area contributed by atoms with Gasteiger partial charge in [0.2, 0.25) is 0 Å². The first-order valence-corrected chi connectivity index (χ1v) is 11.9. The molecule has 0 unspecified atom stereocenters. The van der Waals surface area contributed by atoms with Gasteiger partial charge in [0.15, 0.2) is 0 Å². The van der Waals surface area contributed by atoms with Gasteiger partial charge in [-0.1, -0.05) is 60.0 Å². The summed E-state index contributed by atoms with van der Waals surface area (Å²) in [5.41, 5.74) is 6.75. The van der Waals surface area contributed by atoms with E-state index in [1.807, 2.05) is 6.07 Å². The molecule has 0 aliphatic heterocycles. The molecule has 1 N–H and O–H groups in total. The van der Waals surface area contributed by atoms with E-state index in [2.05, 4.69) is 60.1 Å². The average Bonchev–Trinajstić information content (AvgIpc) is 3.15. The Labute approximate surface area is 200 Å². The highest BCUT2D eigenvalue weighted by Crippen LogP contribution is 2.21. The topological polar surface area (TPSA) is 46.9 Å². The molecule has 4 rings (SSSR count). The van der Waals surface area contributed by atoms with Gasteiger partial charge >= 0.3 is 0 Å². The van der Waals surface area contributed by atoms with Gasteiger partial charge in [0.25, 0.3) is 5.91 Å². The van der Waals surface area contributed by atoms with Crippen molar-refractivity contribution in [2.75, 3.05) is 6.54 Å². The molecular formula is C28H30ClN3O. The summed E-state index contributed by atoms with van der Waals surface area (Å²) in [6.07, 6.45) is 3.91. The summed E-state index contributed by atoms with van der Waals surface area (Å²) in [7, 11) is 0. The molecule has 0 atom stereocenters. The van der Waals surface area contributed by atoms with Crippen LogP contribution in [0.4, 0.5) is 0 Å². The summed E-state index contributed by atoms with van der Waals surface area (Å²) < 4.78 is 2.36. The number of hydrogen-bond donors (Lipinski definition) is 1. The predicted molar refractivity (Wildman–Crippen MR) is 136 cm³/mol. The fourth-order valence-electron chi connectivity index (χ4n) is 4.15. The molecule has 5 heteroatoms. The van der Waals surface area contributed by atoms with E-state index in [0.29, 0.717) is 17.1 Å². The zero-order valence-corrected chi connectivity index (χ0v) is 20.0. The fourth-order valence-corrected chi connectivity index (χ4v) is 4.34. The number of benzene rings is 3. The minimum atomic E-state index is -0.0761. The number of carbonyl (C=O) groups is 1. The van der Waals surface area contributed by atoms with Gasteiger partial charge in [-0.05, 0) is 68.1 Å². The lowest BCUT2D eigenvalue weighted by Gasteiger charge is -2.12. The summed E-state index contributed by atoms with van der Waals surface area (Å²) in [6.45, 7) is 5.80. The molecule has 0 saturated heterocycles. The molecular weight excluding hydrogens is 430 g/mol. The van der Waals surface area contributed by atoms with Crippen LogP contribution in [0.15, 0.2) is 66.7 Å². The first kappa shape index (κ1) is 23.1. The largest absolute Gasteiger partial charge is 0.352 e. The smallest absolute Gasteiger partial charge is 0.251 e. The highest BCUT2D eigenvalue weighted by atomic mass is 35.5. The van der Waals surface area contributed by atoms with Gasteiger partial charge in [-0.15, -0.1) is 0 Å². The number of imidazole rings is 1. The molecule has 0 radical (unpaired) electrons. The maximum absolute atomic E-state index is 12.2. The van der Waals surface area contributed by atoms with Crippen LogP contribution in [-0.4, -0.2) is 22.0 Å². The molecule has 0 spiro atoms. The number of aryl methyl sites for hydroxylation is 3. The van der Waals surface area contributed by atoms with Crippen molar-refractivity contribution in [1.29, 1.82) is 0 Å². The van der Waals surface area contributed by atoms with Crippen LogP contribution in [0.2, 0.25) is 5.02 Å². The van der Waals surface area contributed by atoms with E-state index in [1.165, 1.54) is 22.2 Å². The lowest BCUT2D eigenvalue weighted by atomic mass is 10.1. The third kappa shape index (κ3) is 5.82. The summed E-state index contributed by atoms with van der Waals surface area (Å²) in [5, 5.41) is 3.56. The van der Waals surface area contributed by atoms with Crippen molar-refractivity contribution in [3.8, 4) is 0 Å². The molecule has 1 aromatic heterocycles. The number of amides is 1. The van der Waals surface area contributed by atoms with Crippen LogP contribution in [0.1, 0.15) is 52.1 Å². The molecule has 1 amide bonds. The second kappa shape index (κ2) is 10.7. The molecule has 4 nitrogen and oxygen atoms in total. The Morgan fingerprint density at radius 3 is 2.67 bits per heavy atom. The molecule has 0 aliphatic carbocycles. The Balaban J connectivity index is 1.35. The Hall–Kier alpha value is -3.11. The number of nitrogens with zero attached hydrogens (tertiary/aromatic N) is 2. The number of rotatable bonds is 9. The van der Waals surface area contributed by atoms with E-state index in [9.17, 15) is 4.79 Å². The number of carbonyl (C=O) groups excluding carboxylic acids is 1. The first-order chi connectivity index (χ1) is 16.0. The summed E-state index contributed by atoms with van der Waals surface area (Å²) in [6, 6.07) is 22.0. The second-order valence-corrected chi connectivity index (χ2v) is 9.05. The van der Waals surface area contributed by atoms with Gasteiger partial charge in [0.05, 0.1) is 11.0 Å². The SMILES string of the molecule is Cc1ccc(C)c(Cn2c(CCCCCNC(=O)c3cccc(Cl)c3)nc3ccccc32)c1. The second-order valence-electron chi connectivity index (χ2n) is 8.61. The van der Waals surface area contributed by atoms with Crippen molar-refractivity contribution >= 4 is 28.5 Å². The van der Waals surface area contributed by atoms with Crippen LogP contribution in [-0.2, 0) is 13.0 Å². The van der Waals surface area contributed by atoms with Gasteiger partial charge in [-0.3, -0.25) is 4.79 Å². The van der Waals surface area contributed by atoms with Crippen LogP contribution >= 0.6 is 11.6 Å². The number of aromatic nitrogens is 2. The van der Waals surface area contributed by atoms with E-state index in [-0.39, 0.29) is 5.91 Å². The van der Waals surface area contributed by atoms with Gasteiger partial charge in [-0.25, -0.2) is 4.98 Å². The maximum Gasteiger partial charge on any atom is 0.251 e. The first-order valence-electron chi connectivity index (χ1n) is 11.6. The Morgan fingerprint density at radius 1 is 0.970 bits per heavy atom. The highest BCUT2D eigenvalue weighted by molar-refractivity contribution is 6.30. The quantitative estimate of drug-likeness (QED) is 0.290. The molecule has 1 heterocycles. The summed E-state index contributed by atoms with van der Waals surface area (Å²) in [4.78, 5) is 17.2. The molecule has 170 valence electrons. The van der Waals surface area contributed by atoms with Crippen molar-refractivity contribution in [1.82, 2.24) is 14.9 Å². The normalized spacial score (nSPS) is 11.1. The van der Waals surface area contributed by atoms with Crippen LogP contribution in [0, 0.1) is 13.8 Å². The zero-order valence-electron chi connectivity index (χ0n) is 19.3. The van der Waals surface area contributed by atoms with Crippen molar-refractivity contribution in [3.63, 3.8) is 0 Å². The van der Waals surface area contributed by atoms with E-state index in [4.69, 9.17) is 16.6 Å². The minimum Gasteiger partial charge on any atom is -0.352 e. The number of halogens is 1. The van der Waals surface area contributed by atoms with E-state index >= 15 is 0 Å². The third-order valence-corrected chi connectivity index (χ3v) is 6.25. The van der Waals surface area contributed by atoms with Gasteiger partial charge in [0.1, 0.15) is 5.82 Å². The van der Waals surface area contributed by atoms with Crippen molar-refractivity contribution in [2.45, 2.75) is 46.1 Å². The number of fused-ring (bicyclic) bond motifs is 1. The number of nitrogens with one attached hydrogen (secondary N) is 1. The van der Waals surface area contributed by atoms with Gasteiger partial charge in [-0.2, -0.15) is 0 Å².